The number of carboxylic acids is 1. The number of carbonyl (C=O) groups is 1. The lowest BCUT2D eigenvalue weighted by Crippen LogP contribution is -2.33. The topological polar surface area (TPSA) is 121 Å². The van der Waals surface area contributed by atoms with E-state index in [2.05, 4.69) is 15.2 Å². The van der Waals surface area contributed by atoms with Crippen LogP contribution in [-0.2, 0) is 7.05 Å². The molecular weight excluding hydrogens is 458 g/mol. The number of carboxylic acid groups (broad SMARTS) is 1. The van der Waals surface area contributed by atoms with Crippen molar-refractivity contribution in [2.75, 3.05) is 29.9 Å². The first-order chi connectivity index (χ1) is 16.2. The van der Waals surface area contributed by atoms with Gasteiger partial charge < -0.3 is 20.4 Å². The maximum Gasteiger partial charge on any atom is 0.356 e. The van der Waals surface area contributed by atoms with Crippen molar-refractivity contribution in [3.8, 4) is 0 Å². The van der Waals surface area contributed by atoms with Crippen LogP contribution in [0.4, 0.5) is 11.6 Å². The maximum atomic E-state index is 13.3. The third-order valence-corrected chi connectivity index (χ3v) is 7.31. The average Bonchev–Trinajstić information content (AvgIpc) is 3.27. The lowest BCUT2D eigenvalue weighted by molar-refractivity contribution is 0.0691. The van der Waals surface area contributed by atoms with E-state index in [1.165, 1.54) is 6.07 Å². The third kappa shape index (κ3) is 3.69. The Kier molecular flexibility index (Phi) is 5.49. The summed E-state index contributed by atoms with van der Waals surface area (Å²) in [6.07, 6.45) is 0. The van der Waals surface area contributed by atoms with Crippen LogP contribution >= 0.6 is 11.6 Å². The molecule has 2 fully saturated rings. The van der Waals surface area contributed by atoms with Gasteiger partial charge in [0.2, 0.25) is 5.95 Å². The van der Waals surface area contributed by atoms with Crippen molar-refractivity contribution in [3.05, 3.63) is 56.6 Å². The van der Waals surface area contributed by atoms with E-state index in [1.807, 2.05) is 26.0 Å². The first kappa shape index (κ1) is 22.6. The van der Waals surface area contributed by atoms with Crippen LogP contribution in [0.25, 0.3) is 10.9 Å². The third-order valence-electron chi connectivity index (χ3n) is 7.10. The number of pyridine rings is 1. The van der Waals surface area contributed by atoms with Crippen LogP contribution in [0.5, 0.6) is 0 Å². The number of anilines is 2. The smallest absolute Gasteiger partial charge is 0.356 e. The number of hydrogen-bond acceptors (Lipinski definition) is 7. The van der Waals surface area contributed by atoms with Gasteiger partial charge in [0, 0.05) is 32.3 Å². The van der Waals surface area contributed by atoms with Crippen molar-refractivity contribution < 1.29 is 15.0 Å². The van der Waals surface area contributed by atoms with Crippen molar-refractivity contribution in [2.45, 2.75) is 19.9 Å². The van der Waals surface area contributed by atoms with E-state index in [1.54, 1.807) is 17.7 Å². The summed E-state index contributed by atoms with van der Waals surface area (Å²) in [7, 11) is 1.74. The molecule has 1 saturated heterocycles. The molecule has 10 heteroatoms. The van der Waals surface area contributed by atoms with Crippen LogP contribution in [0, 0.1) is 24.7 Å². The number of aryl methyl sites for hydroxylation is 1. The lowest BCUT2D eigenvalue weighted by atomic mass is 10.0. The van der Waals surface area contributed by atoms with Gasteiger partial charge in [-0.15, -0.1) is 0 Å². The summed E-state index contributed by atoms with van der Waals surface area (Å²) in [5, 5.41) is 22.8. The molecule has 9 nitrogen and oxygen atoms in total. The highest BCUT2D eigenvalue weighted by atomic mass is 35.5. The van der Waals surface area contributed by atoms with E-state index in [4.69, 9.17) is 16.6 Å². The highest BCUT2D eigenvalue weighted by Gasteiger charge is 2.55. The molecule has 3 aromatic rings. The predicted molar refractivity (Wildman–Crippen MR) is 130 cm³/mol. The van der Waals surface area contributed by atoms with E-state index < -0.39 is 5.97 Å². The standard InChI is InChI=1S/C24H26ClN5O4/c1-11-6-13(12(2)26-18-4-5-19(25)27-21(18)23(33)34)20-14(7-11)22(32)29(3)24(28-20)30-8-15-16(9-30)17(15)10-31/h4-7,12,15-17,26,31H,8-10H2,1-3H3,(H,33,34)/t12?,15-,16+,17?. The van der Waals surface area contributed by atoms with Crippen molar-refractivity contribution in [3.63, 3.8) is 0 Å². The Morgan fingerprint density at radius 3 is 2.62 bits per heavy atom. The summed E-state index contributed by atoms with van der Waals surface area (Å²) in [4.78, 5) is 36.0. The minimum atomic E-state index is -1.19. The molecule has 1 aliphatic heterocycles. The van der Waals surface area contributed by atoms with E-state index >= 15 is 0 Å². The fourth-order valence-corrected chi connectivity index (χ4v) is 5.41. The first-order valence-electron chi connectivity index (χ1n) is 11.2. The molecule has 0 radical (unpaired) electrons. The summed E-state index contributed by atoms with van der Waals surface area (Å²) in [6.45, 7) is 5.56. The molecule has 1 saturated carbocycles. The Labute approximate surface area is 201 Å². The van der Waals surface area contributed by atoms with Gasteiger partial charge in [0.15, 0.2) is 5.69 Å². The van der Waals surface area contributed by atoms with Crippen LogP contribution in [0.3, 0.4) is 0 Å². The molecular formula is C24H26ClN5O4. The highest BCUT2D eigenvalue weighted by molar-refractivity contribution is 6.29. The van der Waals surface area contributed by atoms with Crippen LogP contribution in [0.15, 0.2) is 29.1 Å². The molecule has 4 atom stereocenters. The number of aromatic nitrogens is 3. The fourth-order valence-electron chi connectivity index (χ4n) is 5.26. The number of aliphatic hydroxyl groups excluding tert-OH is 1. The summed E-state index contributed by atoms with van der Waals surface area (Å²) in [6, 6.07) is 6.55. The van der Waals surface area contributed by atoms with Gasteiger partial charge in [-0.25, -0.2) is 14.8 Å². The van der Waals surface area contributed by atoms with Gasteiger partial charge in [-0.05, 0) is 55.4 Å². The normalized spacial score (nSPS) is 22.0. The number of fused-ring (bicyclic) bond motifs is 2. The number of rotatable bonds is 6. The zero-order valence-electron chi connectivity index (χ0n) is 19.1. The summed E-state index contributed by atoms with van der Waals surface area (Å²) in [5.74, 6) is 0.671. The number of nitrogens with one attached hydrogen (secondary N) is 1. The molecule has 3 heterocycles. The molecule has 5 rings (SSSR count). The second-order valence-electron chi connectivity index (χ2n) is 9.31. The van der Waals surface area contributed by atoms with Gasteiger partial charge in [0.05, 0.1) is 22.6 Å². The Bertz CT molecular complexity index is 1360. The zero-order chi connectivity index (χ0) is 24.3. The van der Waals surface area contributed by atoms with Crippen molar-refractivity contribution >= 4 is 40.1 Å². The van der Waals surface area contributed by atoms with Gasteiger partial charge in [0.25, 0.3) is 5.56 Å². The number of nitrogens with zero attached hydrogens (tertiary/aromatic N) is 4. The minimum Gasteiger partial charge on any atom is -0.476 e. The summed E-state index contributed by atoms with van der Waals surface area (Å²) < 4.78 is 1.59. The molecule has 2 unspecified atom stereocenters. The number of piperidine rings is 1. The quantitative estimate of drug-likeness (QED) is 0.458. The summed E-state index contributed by atoms with van der Waals surface area (Å²) >= 11 is 5.89. The molecule has 0 bridgehead atoms. The molecule has 2 aromatic heterocycles. The first-order valence-corrected chi connectivity index (χ1v) is 11.6. The van der Waals surface area contributed by atoms with E-state index in [0.29, 0.717) is 40.3 Å². The number of aromatic carboxylic acids is 1. The van der Waals surface area contributed by atoms with Gasteiger partial charge >= 0.3 is 5.97 Å². The number of halogens is 1. The number of benzene rings is 1. The van der Waals surface area contributed by atoms with Gasteiger partial charge in [-0.3, -0.25) is 9.36 Å². The second-order valence-corrected chi connectivity index (χ2v) is 9.69. The van der Waals surface area contributed by atoms with Crippen molar-refractivity contribution in [1.82, 2.24) is 14.5 Å². The summed E-state index contributed by atoms with van der Waals surface area (Å²) in [5.41, 5.74) is 2.31. The van der Waals surface area contributed by atoms with Crippen molar-refractivity contribution in [1.29, 1.82) is 0 Å². The van der Waals surface area contributed by atoms with Crippen molar-refractivity contribution in [2.24, 2.45) is 24.8 Å². The molecule has 34 heavy (non-hydrogen) atoms. The average molecular weight is 484 g/mol. The van der Waals surface area contributed by atoms with Crippen LogP contribution in [0.1, 0.15) is 34.6 Å². The lowest BCUT2D eigenvalue weighted by Gasteiger charge is -2.24. The van der Waals surface area contributed by atoms with E-state index in [0.717, 1.165) is 24.2 Å². The fraction of sp³-hybridized carbons (Fsp3) is 0.417. The highest BCUT2D eigenvalue weighted by Crippen LogP contribution is 2.51. The molecule has 0 amide bonds. The monoisotopic (exact) mass is 483 g/mol. The van der Waals surface area contributed by atoms with Crippen LogP contribution < -0.4 is 15.8 Å². The minimum absolute atomic E-state index is 0.0958. The van der Waals surface area contributed by atoms with Crippen LogP contribution in [-0.4, -0.2) is 50.4 Å². The maximum absolute atomic E-state index is 13.3. The SMILES string of the molecule is Cc1cc(C(C)Nc2ccc(Cl)nc2C(=O)O)c2nc(N3C[C@@H]4C(CO)[C@@H]4C3)n(C)c(=O)c2c1. The Hall–Kier alpha value is -3.17. The molecule has 3 N–H and O–H groups in total. The predicted octanol–water partition coefficient (Wildman–Crippen LogP) is 2.84. The Balaban J connectivity index is 1.56. The van der Waals surface area contributed by atoms with Gasteiger partial charge in [-0.1, -0.05) is 17.7 Å². The van der Waals surface area contributed by atoms with Crippen LogP contribution in [0.2, 0.25) is 5.15 Å². The second kappa shape index (κ2) is 8.25. The van der Waals surface area contributed by atoms with Gasteiger partial charge in [-0.2, -0.15) is 0 Å². The Morgan fingerprint density at radius 2 is 1.97 bits per heavy atom. The molecule has 1 aliphatic carbocycles. The molecule has 2 aliphatic rings. The number of aliphatic hydroxyl groups is 1. The van der Waals surface area contributed by atoms with E-state index in [-0.39, 0.29) is 29.1 Å². The van der Waals surface area contributed by atoms with Gasteiger partial charge in [0.1, 0.15) is 5.15 Å². The molecule has 178 valence electrons. The molecule has 0 spiro atoms. The number of hydrogen-bond donors (Lipinski definition) is 3. The zero-order valence-corrected chi connectivity index (χ0v) is 19.9. The Morgan fingerprint density at radius 1 is 1.26 bits per heavy atom. The largest absolute Gasteiger partial charge is 0.476 e. The molecule has 1 aromatic carbocycles. The van der Waals surface area contributed by atoms with E-state index in [9.17, 15) is 19.8 Å².